The van der Waals surface area contributed by atoms with E-state index in [9.17, 15) is 13.2 Å². The summed E-state index contributed by atoms with van der Waals surface area (Å²) in [4.78, 5) is 20.2. The van der Waals surface area contributed by atoms with E-state index in [1.165, 1.54) is 16.1 Å². The molecule has 1 aromatic heterocycles. The molecule has 0 saturated carbocycles. The predicted molar refractivity (Wildman–Crippen MR) is 167 cm³/mol. The van der Waals surface area contributed by atoms with E-state index in [4.69, 9.17) is 14.5 Å². The van der Waals surface area contributed by atoms with Crippen LogP contribution in [0.4, 0.5) is 11.4 Å². The smallest absolute Gasteiger partial charge is 0.243 e. The molecular weight excluding hydrogens is 574 g/mol. The summed E-state index contributed by atoms with van der Waals surface area (Å²) in [6.07, 6.45) is 0. The van der Waals surface area contributed by atoms with Gasteiger partial charge in [-0.15, -0.1) is 0 Å². The third-order valence-corrected chi connectivity index (χ3v) is 10.1. The van der Waals surface area contributed by atoms with E-state index in [1.807, 2.05) is 66.9 Å². The normalized spacial score (nSPS) is 14.0. The van der Waals surface area contributed by atoms with Gasteiger partial charge in [-0.2, -0.15) is 4.31 Å². The van der Waals surface area contributed by atoms with Crippen LogP contribution in [0.2, 0.25) is 0 Å². The van der Waals surface area contributed by atoms with Crippen molar-refractivity contribution in [1.82, 2.24) is 13.9 Å². The number of thioether (sulfide) groups is 1. The fourth-order valence-corrected chi connectivity index (χ4v) is 7.26. The number of rotatable bonds is 11. The van der Waals surface area contributed by atoms with Gasteiger partial charge in [-0.25, -0.2) is 13.4 Å². The number of morpholine rings is 1. The Morgan fingerprint density at radius 1 is 1.05 bits per heavy atom. The molecular formula is C30H35N5O5S2. The summed E-state index contributed by atoms with van der Waals surface area (Å²) in [5.41, 5.74) is 3.76. The monoisotopic (exact) mass is 609 g/mol. The molecule has 1 N–H and O–H groups in total. The number of fused-ring (bicyclic) bond motifs is 1. The van der Waals surface area contributed by atoms with Crippen molar-refractivity contribution in [3.05, 3.63) is 66.7 Å². The number of sulfonamides is 1. The topological polar surface area (TPSA) is 106 Å². The lowest BCUT2D eigenvalue weighted by Crippen LogP contribution is -2.36. The molecule has 4 aromatic rings. The van der Waals surface area contributed by atoms with Crippen molar-refractivity contribution in [1.29, 1.82) is 0 Å². The fraction of sp³-hybridized carbons (Fsp3) is 0.333. The molecule has 1 fully saturated rings. The SMILES string of the molecule is CCN(CC)S(=O)(=O)c1ccc2c(c1)nc(SCC(=O)Nc1ccc(N3CCOCC3)cc1)n2-c1ccccc1OC. The molecule has 2 heterocycles. The van der Waals surface area contributed by atoms with Crippen LogP contribution in [0, 0.1) is 0 Å². The molecule has 1 aliphatic heterocycles. The van der Waals surface area contributed by atoms with Gasteiger partial charge in [0, 0.05) is 37.6 Å². The Morgan fingerprint density at radius 2 is 1.76 bits per heavy atom. The number of imidazole rings is 1. The zero-order valence-corrected chi connectivity index (χ0v) is 25.6. The van der Waals surface area contributed by atoms with Crippen molar-refractivity contribution in [2.75, 3.05) is 62.5 Å². The third kappa shape index (κ3) is 6.26. The minimum absolute atomic E-state index is 0.105. The summed E-state index contributed by atoms with van der Waals surface area (Å²) in [6.45, 7) is 7.49. The highest BCUT2D eigenvalue weighted by atomic mass is 32.2. The molecule has 222 valence electrons. The third-order valence-electron chi connectivity index (χ3n) is 7.12. The van der Waals surface area contributed by atoms with E-state index >= 15 is 0 Å². The minimum Gasteiger partial charge on any atom is -0.495 e. The zero-order chi connectivity index (χ0) is 29.7. The molecule has 0 radical (unpaired) electrons. The summed E-state index contributed by atoms with van der Waals surface area (Å²) in [6, 6.07) is 20.3. The van der Waals surface area contributed by atoms with Crippen LogP contribution < -0.4 is 15.0 Å². The van der Waals surface area contributed by atoms with Gasteiger partial charge in [0.2, 0.25) is 15.9 Å². The molecule has 10 nitrogen and oxygen atoms in total. The highest BCUT2D eigenvalue weighted by molar-refractivity contribution is 7.99. The second-order valence-corrected chi connectivity index (χ2v) is 12.5. The second kappa shape index (κ2) is 13.2. The number of hydrogen-bond acceptors (Lipinski definition) is 8. The highest BCUT2D eigenvalue weighted by Crippen LogP contribution is 2.34. The predicted octanol–water partition coefficient (Wildman–Crippen LogP) is 4.63. The number of carbonyl (C=O) groups excluding carboxylic acids is 1. The Kier molecular flexibility index (Phi) is 9.37. The number of nitrogens with one attached hydrogen (secondary N) is 1. The highest BCUT2D eigenvalue weighted by Gasteiger charge is 2.24. The molecule has 1 aliphatic rings. The van der Waals surface area contributed by atoms with Crippen molar-refractivity contribution < 1.29 is 22.7 Å². The van der Waals surface area contributed by atoms with Crippen molar-refractivity contribution in [3.8, 4) is 11.4 Å². The van der Waals surface area contributed by atoms with Crippen molar-refractivity contribution in [2.24, 2.45) is 0 Å². The van der Waals surface area contributed by atoms with Gasteiger partial charge in [0.1, 0.15) is 5.75 Å². The number of aromatic nitrogens is 2. The van der Waals surface area contributed by atoms with Crippen LogP contribution in [0.1, 0.15) is 13.8 Å². The van der Waals surface area contributed by atoms with E-state index in [-0.39, 0.29) is 16.6 Å². The second-order valence-electron chi connectivity index (χ2n) is 9.62. The number of methoxy groups -OCH3 is 1. The van der Waals surface area contributed by atoms with Gasteiger partial charge in [0.15, 0.2) is 5.16 Å². The van der Waals surface area contributed by atoms with Gasteiger partial charge >= 0.3 is 0 Å². The summed E-state index contributed by atoms with van der Waals surface area (Å²) >= 11 is 1.27. The van der Waals surface area contributed by atoms with E-state index < -0.39 is 10.0 Å². The van der Waals surface area contributed by atoms with Gasteiger partial charge in [-0.05, 0) is 54.6 Å². The molecule has 0 bridgehead atoms. The van der Waals surface area contributed by atoms with E-state index in [1.54, 1.807) is 25.3 Å². The molecule has 0 aliphatic carbocycles. The number of benzene rings is 3. The number of nitrogens with zero attached hydrogens (tertiary/aromatic N) is 4. The number of amides is 1. The number of hydrogen-bond donors (Lipinski definition) is 1. The Morgan fingerprint density at radius 3 is 2.45 bits per heavy atom. The maximum atomic E-state index is 13.2. The van der Waals surface area contributed by atoms with Gasteiger partial charge in [-0.1, -0.05) is 37.7 Å². The minimum atomic E-state index is -3.67. The summed E-state index contributed by atoms with van der Waals surface area (Å²) in [7, 11) is -2.07. The maximum Gasteiger partial charge on any atom is 0.243 e. The van der Waals surface area contributed by atoms with Crippen LogP contribution in [0.5, 0.6) is 5.75 Å². The molecule has 0 spiro atoms. The van der Waals surface area contributed by atoms with E-state index in [2.05, 4.69) is 10.2 Å². The Bertz CT molecular complexity index is 1650. The van der Waals surface area contributed by atoms with Crippen LogP contribution in [-0.2, 0) is 19.6 Å². The van der Waals surface area contributed by atoms with Gasteiger partial charge < -0.3 is 19.7 Å². The average molecular weight is 610 g/mol. The molecule has 1 saturated heterocycles. The van der Waals surface area contributed by atoms with Crippen molar-refractivity contribution in [3.63, 3.8) is 0 Å². The van der Waals surface area contributed by atoms with Crippen molar-refractivity contribution in [2.45, 2.75) is 23.9 Å². The maximum absolute atomic E-state index is 13.2. The van der Waals surface area contributed by atoms with E-state index in [0.29, 0.717) is 53.9 Å². The average Bonchev–Trinajstić information content (AvgIpc) is 3.39. The largest absolute Gasteiger partial charge is 0.495 e. The Hall–Kier alpha value is -3.58. The number of carbonyl (C=O) groups is 1. The van der Waals surface area contributed by atoms with Crippen LogP contribution in [0.3, 0.4) is 0 Å². The molecule has 1 amide bonds. The van der Waals surface area contributed by atoms with Crippen molar-refractivity contribution >= 4 is 50.1 Å². The number of para-hydroxylation sites is 2. The lowest BCUT2D eigenvalue weighted by atomic mass is 10.2. The van der Waals surface area contributed by atoms with Gasteiger partial charge in [0.05, 0.1) is 47.7 Å². The zero-order valence-electron chi connectivity index (χ0n) is 23.9. The molecule has 0 atom stereocenters. The lowest BCUT2D eigenvalue weighted by Gasteiger charge is -2.28. The summed E-state index contributed by atoms with van der Waals surface area (Å²) < 4.78 is 40.8. The van der Waals surface area contributed by atoms with Crippen LogP contribution in [0.15, 0.2) is 76.8 Å². The number of ether oxygens (including phenoxy) is 2. The van der Waals surface area contributed by atoms with Crippen LogP contribution >= 0.6 is 11.8 Å². The standard InChI is InChI=1S/C30H35N5O5S2/c1-4-34(5-2)42(37,38)24-14-15-26-25(20-24)32-30(35(26)27-8-6-7-9-28(27)39-3)41-21-29(36)31-22-10-12-23(13-11-22)33-16-18-40-19-17-33/h6-15,20H,4-5,16-19,21H2,1-3H3,(H,31,36). The number of anilines is 2. The quantitative estimate of drug-likeness (QED) is 0.246. The Labute approximate surface area is 250 Å². The first kappa shape index (κ1) is 29.9. The van der Waals surface area contributed by atoms with E-state index in [0.717, 1.165) is 24.5 Å². The summed E-state index contributed by atoms with van der Waals surface area (Å²) in [5.74, 6) is 0.555. The first-order valence-corrected chi connectivity index (χ1v) is 16.3. The molecule has 3 aromatic carbocycles. The molecule has 0 unspecified atom stereocenters. The lowest BCUT2D eigenvalue weighted by molar-refractivity contribution is -0.113. The first-order valence-electron chi connectivity index (χ1n) is 13.9. The van der Waals surface area contributed by atoms with Crippen LogP contribution in [-0.4, -0.2) is 80.4 Å². The molecule has 5 rings (SSSR count). The summed E-state index contributed by atoms with van der Waals surface area (Å²) in [5, 5.41) is 3.51. The Balaban J connectivity index is 1.41. The van der Waals surface area contributed by atoms with Gasteiger partial charge in [0.25, 0.3) is 0 Å². The molecule has 42 heavy (non-hydrogen) atoms. The first-order chi connectivity index (χ1) is 20.3. The fourth-order valence-electron chi connectivity index (χ4n) is 4.96. The van der Waals surface area contributed by atoms with Gasteiger partial charge in [-0.3, -0.25) is 9.36 Å². The van der Waals surface area contributed by atoms with Crippen LogP contribution in [0.25, 0.3) is 16.7 Å². The molecule has 12 heteroatoms.